The molecular weight excluding hydrogens is 214 g/mol. The lowest BCUT2D eigenvalue weighted by Crippen LogP contribution is -2.44. The maximum atomic E-state index is 11.4. The topological polar surface area (TPSA) is 81.7 Å². The van der Waals surface area contributed by atoms with E-state index in [0.717, 1.165) is 0 Å². The van der Waals surface area contributed by atoms with Crippen molar-refractivity contribution in [1.82, 2.24) is 5.32 Å². The highest BCUT2D eigenvalue weighted by atomic mass is 16.5. The van der Waals surface area contributed by atoms with Crippen LogP contribution in [0, 0.1) is 0 Å². The minimum atomic E-state index is -0.922. The van der Waals surface area contributed by atoms with Gasteiger partial charge in [-0.15, -0.1) is 0 Å². The van der Waals surface area contributed by atoms with Crippen LogP contribution in [0.1, 0.15) is 27.7 Å². The van der Waals surface area contributed by atoms with Crippen LogP contribution >= 0.6 is 0 Å². The van der Waals surface area contributed by atoms with Crippen molar-refractivity contribution in [2.75, 3.05) is 6.61 Å². The zero-order valence-electron chi connectivity index (χ0n) is 9.90. The maximum absolute atomic E-state index is 11.4. The van der Waals surface area contributed by atoms with E-state index in [4.69, 9.17) is 4.74 Å². The predicted molar refractivity (Wildman–Crippen MR) is 55.5 cm³/mol. The van der Waals surface area contributed by atoms with Crippen LogP contribution in [0.2, 0.25) is 0 Å². The number of rotatable bonds is 5. The summed E-state index contributed by atoms with van der Waals surface area (Å²) in [5.41, 5.74) is 0. The van der Waals surface area contributed by atoms with Gasteiger partial charge < -0.3 is 14.8 Å². The Labute approximate surface area is 94.3 Å². The van der Waals surface area contributed by atoms with Gasteiger partial charge in [-0.2, -0.15) is 0 Å². The number of hydrogen-bond acceptors (Lipinski definition) is 5. The highest BCUT2D eigenvalue weighted by Crippen LogP contribution is 1.94. The average Bonchev–Trinajstić information content (AvgIpc) is 2.16. The second-order valence-electron chi connectivity index (χ2n) is 3.23. The average molecular weight is 231 g/mol. The molecule has 0 spiro atoms. The van der Waals surface area contributed by atoms with Crippen LogP contribution in [0.4, 0.5) is 0 Å². The lowest BCUT2D eigenvalue weighted by atomic mass is 10.3. The molecule has 0 aliphatic carbocycles. The summed E-state index contributed by atoms with van der Waals surface area (Å²) in [5.74, 6) is -1.60. The number of esters is 2. The van der Waals surface area contributed by atoms with E-state index in [0.29, 0.717) is 0 Å². The number of carbonyl (C=O) groups excluding carboxylic acids is 3. The molecule has 0 aliphatic rings. The largest absolute Gasteiger partial charge is 0.464 e. The van der Waals surface area contributed by atoms with Crippen LogP contribution in [0.5, 0.6) is 0 Å². The first-order chi connectivity index (χ1) is 7.38. The summed E-state index contributed by atoms with van der Waals surface area (Å²) in [7, 11) is 0. The van der Waals surface area contributed by atoms with E-state index in [1.54, 1.807) is 6.92 Å². The standard InChI is InChI=1S/C10H17NO5/c1-5-15-10(14)6(2)11-9(13)7(3)16-8(4)12/h6-7H,5H2,1-4H3,(H,11,13)/t6-,7+/m1/s1. The quantitative estimate of drug-likeness (QED) is 0.674. The van der Waals surface area contributed by atoms with E-state index in [2.05, 4.69) is 10.1 Å². The number of carbonyl (C=O) groups is 3. The first-order valence-electron chi connectivity index (χ1n) is 5.02. The van der Waals surface area contributed by atoms with Crippen molar-refractivity contribution in [3.05, 3.63) is 0 Å². The highest BCUT2D eigenvalue weighted by molar-refractivity contribution is 5.87. The first kappa shape index (κ1) is 14.4. The molecule has 1 amide bonds. The van der Waals surface area contributed by atoms with Gasteiger partial charge in [0.1, 0.15) is 6.04 Å². The van der Waals surface area contributed by atoms with Crippen molar-refractivity contribution in [3.63, 3.8) is 0 Å². The van der Waals surface area contributed by atoms with E-state index < -0.39 is 30.0 Å². The fourth-order valence-electron chi connectivity index (χ4n) is 0.959. The molecule has 6 nitrogen and oxygen atoms in total. The van der Waals surface area contributed by atoms with E-state index in [1.165, 1.54) is 20.8 Å². The molecule has 0 saturated carbocycles. The van der Waals surface area contributed by atoms with Crippen LogP contribution in [-0.2, 0) is 23.9 Å². The van der Waals surface area contributed by atoms with E-state index in [9.17, 15) is 14.4 Å². The summed E-state index contributed by atoms with van der Waals surface area (Å²) in [5, 5.41) is 2.38. The van der Waals surface area contributed by atoms with Gasteiger partial charge in [-0.05, 0) is 20.8 Å². The molecule has 0 fully saturated rings. The number of nitrogens with one attached hydrogen (secondary N) is 1. The van der Waals surface area contributed by atoms with Gasteiger partial charge in [-0.25, -0.2) is 4.79 Å². The molecule has 0 bridgehead atoms. The van der Waals surface area contributed by atoms with Gasteiger partial charge in [0.2, 0.25) is 0 Å². The molecule has 6 heteroatoms. The third-order valence-corrected chi connectivity index (χ3v) is 1.71. The summed E-state index contributed by atoms with van der Waals surface area (Å²) in [4.78, 5) is 33.2. The van der Waals surface area contributed by atoms with Gasteiger partial charge in [-0.3, -0.25) is 9.59 Å². The van der Waals surface area contributed by atoms with Crippen molar-refractivity contribution in [2.45, 2.75) is 39.8 Å². The molecule has 0 rings (SSSR count). The number of ether oxygens (including phenoxy) is 2. The normalized spacial score (nSPS) is 13.5. The minimum absolute atomic E-state index is 0.249. The second kappa shape index (κ2) is 6.81. The van der Waals surface area contributed by atoms with Gasteiger partial charge in [-0.1, -0.05) is 0 Å². The zero-order chi connectivity index (χ0) is 12.7. The van der Waals surface area contributed by atoms with Crippen molar-refractivity contribution < 1.29 is 23.9 Å². The van der Waals surface area contributed by atoms with Crippen LogP contribution in [-0.4, -0.2) is 36.6 Å². The Bertz CT molecular complexity index is 276. The minimum Gasteiger partial charge on any atom is -0.464 e. The predicted octanol–water partition coefficient (Wildman–Crippen LogP) is 0.00580. The zero-order valence-corrected chi connectivity index (χ0v) is 9.90. The molecule has 16 heavy (non-hydrogen) atoms. The summed E-state index contributed by atoms with van der Waals surface area (Å²) < 4.78 is 9.35. The summed E-state index contributed by atoms with van der Waals surface area (Å²) >= 11 is 0. The van der Waals surface area contributed by atoms with Crippen LogP contribution in [0.25, 0.3) is 0 Å². The second-order valence-corrected chi connectivity index (χ2v) is 3.23. The van der Waals surface area contributed by atoms with Gasteiger partial charge in [0.05, 0.1) is 6.61 Å². The molecule has 0 aromatic rings. The van der Waals surface area contributed by atoms with Crippen molar-refractivity contribution in [2.24, 2.45) is 0 Å². The lowest BCUT2D eigenvalue weighted by Gasteiger charge is -2.16. The monoisotopic (exact) mass is 231 g/mol. The molecule has 0 radical (unpaired) electrons. The summed E-state index contributed by atoms with van der Waals surface area (Å²) in [6, 6.07) is -0.759. The first-order valence-corrected chi connectivity index (χ1v) is 5.02. The molecule has 0 unspecified atom stereocenters. The van der Waals surface area contributed by atoms with Crippen molar-refractivity contribution in [3.8, 4) is 0 Å². The molecule has 0 aromatic carbocycles. The molecule has 92 valence electrons. The molecule has 2 atom stereocenters. The Morgan fingerprint density at radius 2 is 1.81 bits per heavy atom. The van der Waals surface area contributed by atoms with Crippen molar-refractivity contribution in [1.29, 1.82) is 0 Å². The highest BCUT2D eigenvalue weighted by Gasteiger charge is 2.21. The van der Waals surface area contributed by atoms with Gasteiger partial charge in [0, 0.05) is 6.92 Å². The molecule has 0 aliphatic heterocycles. The maximum Gasteiger partial charge on any atom is 0.328 e. The van der Waals surface area contributed by atoms with Crippen molar-refractivity contribution >= 4 is 17.8 Å². The Morgan fingerprint density at radius 3 is 2.25 bits per heavy atom. The van der Waals surface area contributed by atoms with Gasteiger partial charge >= 0.3 is 11.9 Å². The Hall–Kier alpha value is -1.59. The smallest absolute Gasteiger partial charge is 0.328 e. The van der Waals surface area contributed by atoms with E-state index >= 15 is 0 Å². The third-order valence-electron chi connectivity index (χ3n) is 1.71. The Morgan fingerprint density at radius 1 is 1.25 bits per heavy atom. The lowest BCUT2D eigenvalue weighted by molar-refractivity contribution is -0.154. The van der Waals surface area contributed by atoms with Crippen LogP contribution in [0.15, 0.2) is 0 Å². The van der Waals surface area contributed by atoms with Gasteiger partial charge in [0.15, 0.2) is 6.10 Å². The SMILES string of the molecule is CCOC(=O)[C@@H](C)NC(=O)[C@H](C)OC(C)=O. The van der Waals surface area contributed by atoms with E-state index in [1.807, 2.05) is 0 Å². The molecule has 0 heterocycles. The number of amides is 1. The molecule has 1 N–H and O–H groups in total. The third kappa shape index (κ3) is 5.33. The summed E-state index contributed by atoms with van der Waals surface area (Å²) in [6.07, 6.45) is -0.922. The molecular formula is C10H17NO5. The summed E-state index contributed by atoms with van der Waals surface area (Å²) in [6.45, 7) is 6.05. The van der Waals surface area contributed by atoms with E-state index in [-0.39, 0.29) is 6.61 Å². The molecule has 0 saturated heterocycles. The number of hydrogen-bond donors (Lipinski definition) is 1. The Balaban J connectivity index is 4.12. The van der Waals surface area contributed by atoms with Crippen LogP contribution < -0.4 is 5.32 Å². The van der Waals surface area contributed by atoms with Gasteiger partial charge in [0.25, 0.3) is 5.91 Å². The fourth-order valence-corrected chi connectivity index (χ4v) is 0.959. The molecule has 0 aromatic heterocycles. The van der Waals surface area contributed by atoms with Crippen LogP contribution in [0.3, 0.4) is 0 Å². The fraction of sp³-hybridized carbons (Fsp3) is 0.700. The Kier molecular flexibility index (Phi) is 6.14.